The standard InChI is InChI=1S/C23H22N6O2/c1-29-7-4-15(5-8-29)23-27-20(14-31-23)22(30)28-21-10-17-9-18(12-25-19(17)13-26-21)16-3-2-6-24-11-16/h2-3,6,9-15H,4-5,7-8H2,1H3,(H,26,28,30). The predicted octanol–water partition coefficient (Wildman–Crippen LogP) is 3.74. The van der Waals surface area contributed by atoms with Gasteiger partial charge in [0.05, 0.1) is 11.7 Å². The zero-order valence-corrected chi connectivity index (χ0v) is 17.2. The van der Waals surface area contributed by atoms with E-state index in [9.17, 15) is 4.79 Å². The number of rotatable bonds is 4. The fourth-order valence-corrected chi connectivity index (χ4v) is 3.81. The molecule has 1 fully saturated rings. The quantitative estimate of drug-likeness (QED) is 0.543. The van der Waals surface area contributed by atoms with E-state index in [2.05, 4.69) is 37.2 Å². The van der Waals surface area contributed by atoms with Crippen LogP contribution in [0.3, 0.4) is 0 Å². The van der Waals surface area contributed by atoms with Gasteiger partial charge in [-0.15, -0.1) is 0 Å². The summed E-state index contributed by atoms with van der Waals surface area (Å²) < 4.78 is 5.61. The number of fused-ring (bicyclic) bond motifs is 1. The fraction of sp³-hybridized carbons (Fsp3) is 0.261. The van der Waals surface area contributed by atoms with Crippen LogP contribution in [0.2, 0.25) is 0 Å². The molecule has 0 spiro atoms. The normalized spacial score (nSPS) is 15.3. The molecule has 0 saturated carbocycles. The summed E-state index contributed by atoms with van der Waals surface area (Å²) in [5.74, 6) is 0.987. The molecular formula is C23H22N6O2. The molecule has 0 atom stereocenters. The Morgan fingerprint density at radius 3 is 2.81 bits per heavy atom. The van der Waals surface area contributed by atoms with Crippen LogP contribution < -0.4 is 5.32 Å². The lowest BCUT2D eigenvalue weighted by molar-refractivity contribution is 0.102. The van der Waals surface area contributed by atoms with E-state index in [1.54, 1.807) is 30.9 Å². The first-order valence-electron chi connectivity index (χ1n) is 10.3. The molecule has 5 rings (SSSR count). The van der Waals surface area contributed by atoms with Crippen molar-refractivity contribution in [2.24, 2.45) is 0 Å². The number of nitrogens with zero attached hydrogens (tertiary/aromatic N) is 5. The Balaban J connectivity index is 1.33. The van der Waals surface area contributed by atoms with Gasteiger partial charge in [0.2, 0.25) is 0 Å². The minimum atomic E-state index is -0.342. The number of likely N-dealkylation sites (tertiary alicyclic amines) is 1. The van der Waals surface area contributed by atoms with Gasteiger partial charge in [-0.1, -0.05) is 6.07 Å². The molecular weight excluding hydrogens is 392 g/mol. The number of nitrogens with one attached hydrogen (secondary N) is 1. The number of piperidine rings is 1. The lowest BCUT2D eigenvalue weighted by atomic mass is 9.97. The Kier molecular flexibility index (Phi) is 5.13. The van der Waals surface area contributed by atoms with E-state index >= 15 is 0 Å². The maximum absolute atomic E-state index is 12.7. The number of hydrogen-bond acceptors (Lipinski definition) is 7. The highest BCUT2D eigenvalue weighted by molar-refractivity contribution is 6.02. The van der Waals surface area contributed by atoms with Crippen molar-refractivity contribution in [3.63, 3.8) is 0 Å². The first-order valence-corrected chi connectivity index (χ1v) is 10.3. The van der Waals surface area contributed by atoms with Crippen LogP contribution in [0.1, 0.15) is 35.1 Å². The second kappa shape index (κ2) is 8.23. The molecule has 0 radical (unpaired) electrons. The number of aromatic nitrogens is 4. The molecule has 31 heavy (non-hydrogen) atoms. The lowest BCUT2D eigenvalue weighted by Crippen LogP contribution is -2.29. The SMILES string of the molecule is CN1CCC(c2nc(C(=O)Nc3cc4cc(-c5cccnc5)cnc4cn3)co2)CC1. The van der Waals surface area contributed by atoms with Gasteiger partial charge in [0.25, 0.3) is 5.91 Å². The number of carbonyl (C=O) groups excluding carboxylic acids is 1. The number of pyridine rings is 3. The summed E-state index contributed by atoms with van der Waals surface area (Å²) in [5, 5.41) is 3.69. The maximum Gasteiger partial charge on any atom is 0.278 e. The highest BCUT2D eigenvalue weighted by Gasteiger charge is 2.24. The van der Waals surface area contributed by atoms with Crippen LogP contribution in [-0.2, 0) is 0 Å². The van der Waals surface area contributed by atoms with E-state index in [1.165, 1.54) is 6.26 Å². The molecule has 1 N–H and O–H groups in total. The van der Waals surface area contributed by atoms with Crippen molar-refractivity contribution in [3.8, 4) is 11.1 Å². The average molecular weight is 414 g/mol. The molecule has 1 amide bonds. The van der Waals surface area contributed by atoms with Crippen molar-refractivity contribution in [1.29, 1.82) is 0 Å². The van der Waals surface area contributed by atoms with Gasteiger partial charge >= 0.3 is 0 Å². The van der Waals surface area contributed by atoms with E-state index in [0.29, 0.717) is 11.7 Å². The molecule has 0 unspecified atom stereocenters. The minimum Gasteiger partial charge on any atom is -0.448 e. The summed E-state index contributed by atoms with van der Waals surface area (Å²) >= 11 is 0. The number of amides is 1. The minimum absolute atomic E-state index is 0.258. The van der Waals surface area contributed by atoms with Crippen LogP contribution in [0, 0.1) is 0 Å². The molecule has 8 heteroatoms. The Morgan fingerprint density at radius 2 is 2.00 bits per heavy atom. The molecule has 4 aromatic heterocycles. The first kappa shape index (κ1) is 19.3. The molecule has 1 saturated heterocycles. The third kappa shape index (κ3) is 4.15. The maximum atomic E-state index is 12.7. The average Bonchev–Trinajstić information content (AvgIpc) is 3.30. The van der Waals surface area contributed by atoms with E-state index < -0.39 is 0 Å². The molecule has 0 bridgehead atoms. The van der Waals surface area contributed by atoms with E-state index in [4.69, 9.17) is 4.42 Å². The van der Waals surface area contributed by atoms with Crippen molar-refractivity contribution in [2.45, 2.75) is 18.8 Å². The second-order valence-electron chi connectivity index (χ2n) is 7.83. The van der Waals surface area contributed by atoms with E-state index in [1.807, 2.05) is 18.2 Å². The van der Waals surface area contributed by atoms with Crippen molar-refractivity contribution >= 4 is 22.6 Å². The Labute approximate surface area is 179 Å². The highest BCUT2D eigenvalue weighted by atomic mass is 16.3. The van der Waals surface area contributed by atoms with Gasteiger partial charge in [0.15, 0.2) is 11.6 Å². The largest absolute Gasteiger partial charge is 0.448 e. The molecule has 4 aromatic rings. The first-order chi connectivity index (χ1) is 15.2. The molecule has 1 aliphatic heterocycles. The molecule has 1 aliphatic rings. The third-order valence-electron chi connectivity index (χ3n) is 5.63. The zero-order valence-electron chi connectivity index (χ0n) is 17.2. The van der Waals surface area contributed by atoms with Crippen LogP contribution in [0.15, 0.2) is 59.7 Å². The smallest absolute Gasteiger partial charge is 0.278 e. The second-order valence-corrected chi connectivity index (χ2v) is 7.83. The van der Waals surface area contributed by atoms with Gasteiger partial charge in [-0.2, -0.15) is 0 Å². The monoisotopic (exact) mass is 414 g/mol. The number of hydrogen-bond donors (Lipinski definition) is 1. The molecule has 8 nitrogen and oxygen atoms in total. The van der Waals surface area contributed by atoms with E-state index in [-0.39, 0.29) is 17.5 Å². The molecule has 5 heterocycles. The molecule has 0 aromatic carbocycles. The van der Waals surface area contributed by atoms with Gasteiger partial charge in [0.1, 0.15) is 12.1 Å². The summed E-state index contributed by atoms with van der Waals surface area (Å²) in [4.78, 5) is 32.3. The number of carbonyl (C=O) groups is 1. The van der Waals surface area contributed by atoms with Crippen molar-refractivity contribution in [2.75, 3.05) is 25.5 Å². The number of anilines is 1. The van der Waals surface area contributed by atoms with Gasteiger partial charge in [0, 0.05) is 41.0 Å². The Bertz CT molecular complexity index is 1220. The van der Waals surface area contributed by atoms with Gasteiger partial charge < -0.3 is 14.6 Å². The van der Waals surface area contributed by atoms with Crippen molar-refractivity contribution in [3.05, 3.63) is 66.9 Å². The lowest BCUT2D eigenvalue weighted by Gasteiger charge is -2.26. The van der Waals surface area contributed by atoms with Crippen LogP contribution >= 0.6 is 0 Å². The summed E-state index contributed by atoms with van der Waals surface area (Å²) in [5.41, 5.74) is 2.93. The van der Waals surface area contributed by atoms with Crippen LogP contribution in [-0.4, -0.2) is 50.9 Å². The van der Waals surface area contributed by atoms with Crippen LogP contribution in [0.5, 0.6) is 0 Å². The fourth-order valence-electron chi connectivity index (χ4n) is 3.81. The Morgan fingerprint density at radius 1 is 1.13 bits per heavy atom. The Hall–Kier alpha value is -3.65. The summed E-state index contributed by atoms with van der Waals surface area (Å²) in [6.07, 6.45) is 10.3. The van der Waals surface area contributed by atoms with E-state index in [0.717, 1.165) is 48.0 Å². The van der Waals surface area contributed by atoms with Crippen molar-refractivity contribution < 1.29 is 9.21 Å². The van der Waals surface area contributed by atoms with Gasteiger partial charge in [-0.25, -0.2) is 9.97 Å². The van der Waals surface area contributed by atoms with Crippen LogP contribution in [0.4, 0.5) is 5.82 Å². The van der Waals surface area contributed by atoms with Gasteiger partial charge in [-0.05, 0) is 51.2 Å². The molecule has 156 valence electrons. The number of oxazole rings is 1. The van der Waals surface area contributed by atoms with Gasteiger partial charge in [-0.3, -0.25) is 14.8 Å². The summed E-state index contributed by atoms with van der Waals surface area (Å²) in [6, 6.07) is 7.67. The predicted molar refractivity (Wildman–Crippen MR) is 117 cm³/mol. The summed E-state index contributed by atoms with van der Waals surface area (Å²) in [7, 11) is 2.11. The van der Waals surface area contributed by atoms with Crippen molar-refractivity contribution in [1.82, 2.24) is 24.8 Å². The molecule has 0 aliphatic carbocycles. The summed E-state index contributed by atoms with van der Waals surface area (Å²) in [6.45, 7) is 2.01. The topological polar surface area (TPSA) is 97.0 Å². The zero-order chi connectivity index (χ0) is 21.2. The third-order valence-corrected chi connectivity index (χ3v) is 5.63. The van der Waals surface area contributed by atoms with Crippen LogP contribution in [0.25, 0.3) is 22.0 Å². The highest BCUT2D eigenvalue weighted by Crippen LogP contribution is 2.27.